The number of ether oxygens (including phenoxy) is 2. The molecular formula is C21H22N6O6. The molecule has 1 aliphatic rings. The number of methoxy groups -OCH3 is 2. The number of piperazine rings is 1. The van der Waals surface area contributed by atoms with Gasteiger partial charge in [-0.3, -0.25) is 9.32 Å². The summed E-state index contributed by atoms with van der Waals surface area (Å²) in [6, 6.07) is 7.06. The van der Waals surface area contributed by atoms with Gasteiger partial charge in [-0.25, -0.2) is 14.3 Å². The van der Waals surface area contributed by atoms with Crippen molar-refractivity contribution in [1.29, 1.82) is 5.26 Å². The van der Waals surface area contributed by atoms with Gasteiger partial charge in [0.05, 0.1) is 14.2 Å². The zero-order valence-electron chi connectivity index (χ0n) is 18.4. The van der Waals surface area contributed by atoms with Crippen LogP contribution in [0.25, 0.3) is 11.4 Å². The second kappa shape index (κ2) is 9.07. The van der Waals surface area contributed by atoms with E-state index in [4.69, 9.17) is 18.4 Å². The molecule has 1 amide bonds. The van der Waals surface area contributed by atoms with Crippen molar-refractivity contribution < 1.29 is 23.2 Å². The van der Waals surface area contributed by atoms with Crippen LogP contribution in [0, 0.1) is 18.3 Å². The maximum atomic E-state index is 12.9. The number of aromatic nitrogens is 3. The molecule has 0 unspecified atom stereocenters. The first kappa shape index (κ1) is 21.9. The second-order valence-electron chi connectivity index (χ2n) is 7.29. The van der Waals surface area contributed by atoms with Crippen molar-refractivity contribution >= 4 is 11.8 Å². The molecule has 1 saturated heterocycles. The number of hydrogen-bond donors (Lipinski definition) is 0. The van der Waals surface area contributed by atoms with Crippen molar-refractivity contribution in [2.24, 2.45) is 0 Å². The number of hydrogen-bond acceptors (Lipinski definition) is 10. The zero-order valence-corrected chi connectivity index (χ0v) is 18.4. The van der Waals surface area contributed by atoms with Gasteiger partial charge in [-0.05, 0) is 18.2 Å². The van der Waals surface area contributed by atoms with Crippen molar-refractivity contribution in [3.63, 3.8) is 0 Å². The third-order valence-electron chi connectivity index (χ3n) is 5.36. The Hall–Kier alpha value is -4.27. The van der Waals surface area contributed by atoms with Crippen LogP contribution in [0.4, 0.5) is 5.88 Å². The molecule has 4 rings (SSSR count). The molecule has 0 radical (unpaired) electrons. The number of benzene rings is 1. The largest absolute Gasteiger partial charge is 0.493 e. The predicted molar refractivity (Wildman–Crippen MR) is 114 cm³/mol. The van der Waals surface area contributed by atoms with Gasteiger partial charge in [0, 0.05) is 38.7 Å². The molecule has 12 nitrogen and oxygen atoms in total. The van der Waals surface area contributed by atoms with Crippen molar-refractivity contribution in [2.75, 3.05) is 45.3 Å². The molecule has 0 spiro atoms. The number of aryl methyl sites for hydroxylation is 1. The van der Waals surface area contributed by atoms with E-state index in [1.54, 1.807) is 30.0 Å². The van der Waals surface area contributed by atoms with E-state index >= 15 is 0 Å². The predicted octanol–water partition coefficient (Wildman–Crippen LogP) is 1.04. The van der Waals surface area contributed by atoms with E-state index in [1.807, 2.05) is 11.0 Å². The Morgan fingerprint density at radius 2 is 1.91 bits per heavy atom. The van der Waals surface area contributed by atoms with E-state index in [9.17, 15) is 14.9 Å². The van der Waals surface area contributed by atoms with Crippen molar-refractivity contribution in [3.05, 3.63) is 40.3 Å². The lowest BCUT2D eigenvalue weighted by molar-refractivity contribution is -0.132. The van der Waals surface area contributed by atoms with Crippen LogP contribution in [0.15, 0.2) is 31.9 Å². The van der Waals surface area contributed by atoms with E-state index in [0.717, 1.165) is 0 Å². The maximum absolute atomic E-state index is 12.9. The topological polar surface area (TPSA) is 140 Å². The number of amides is 1. The Balaban J connectivity index is 1.48. The van der Waals surface area contributed by atoms with Gasteiger partial charge in [0.1, 0.15) is 12.6 Å². The van der Waals surface area contributed by atoms with Gasteiger partial charge in [0.25, 0.3) is 0 Å². The van der Waals surface area contributed by atoms with Gasteiger partial charge in [0.2, 0.25) is 17.5 Å². The van der Waals surface area contributed by atoms with Crippen LogP contribution in [-0.2, 0) is 11.3 Å². The summed E-state index contributed by atoms with van der Waals surface area (Å²) >= 11 is 0. The fourth-order valence-electron chi connectivity index (χ4n) is 3.69. The number of carbonyl (C=O) groups is 1. The number of carbonyl (C=O) groups excluding carboxylic acids is 1. The molecule has 0 atom stereocenters. The Bertz CT molecular complexity index is 1260. The molecule has 1 aromatic carbocycles. The molecule has 0 saturated carbocycles. The number of nitriles is 1. The molecule has 3 aromatic rings. The number of oxazole rings is 1. The van der Waals surface area contributed by atoms with Crippen LogP contribution in [0.5, 0.6) is 11.5 Å². The summed E-state index contributed by atoms with van der Waals surface area (Å²) < 4.78 is 22.1. The first-order valence-corrected chi connectivity index (χ1v) is 10.1. The summed E-state index contributed by atoms with van der Waals surface area (Å²) in [4.78, 5) is 32.8. The van der Waals surface area contributed by atoms with E-state index in [1.165, 1.54) is 18.8 Å². The normalized spacial score (nSPS) is 13.6. The first-order valence-electron chi connectivity index (χ1n) is 10.1. The first-order chi connectivity index (χ1) is 15.9. The summed E-state index contributed by atoms with van der Waals surface area (Å²) in [6.07, 6.45) is 0. The molecule has 1 aliphatic heterocycles. The third kappa shape index (κ3) is 4.25. The van der Waals surface area contributed by atoms with Crippen LogP contribution >= 0.6 is 0 Å². The van der Waals surface area contributed by atoms with Gasteiger partial charge in [-0.1, -0.05) is 5.16 Å². The van der Waals surface area contributed by atoms with E-state index in [2.05, 4.69) is 10.1 Å². The van der Waals surface area contributed by atoms with Crippen LogP contribution in [-0.4, -0.2) is 65.9 Å². The van der Waals surface area contributed by atoms with E-state index in [-0.39, 0.29) is 24.0 Å². The van der Waals surface area contributed by atoms with Gasteiger partial charge in [-0.15, -0.1) is 0 Å². The molecule has 3 heterocycles. The monoisotopic (exact) mass is 454 g/mol. The summed E-state index contributed by atoms with van der Waals surface area (Å²) in [5.74, 6) is 1.03. The quantitative estimate of drug-likeness (QED) is 0.530. The fraction of sp³-hybridized carbons (Fsp3) is 0.381. The third-order valence-corrected chi connectivity index (χ3v) is 5.36. The second-order valence-corrected chi connectivity index (χ2v) is 7.29. The van der Waals surface area contributed by atoms with Gasteiger partial charge in [-0.2, -0.15) is 5.26 Å². The van der Waals surface area contributed by atoms with E-state index in [0.29, 0.717) is 55.0 Å². The molecule has 12 heteroatoms. The highest BCUT2D eigenvalue weighted by Crippen LogP contribution is 2.31. The number of anilines is 1. The summed E-state index contributed by atoms with van der Waals surface area (Å²) in [5.41, 5.74) is 0.767. The smallest absolute Gasteiger partial charge is 0.442 e. The Kier molecular flexibility index (Phi) is 6.03. The average Bonchev–Trinajstić information content (AvgIpc) is 3.40. The van der Waals surface area contributed by atoms with Crippen LogP contribution in [0.3, 0.4) is 0 Å². The molecule has 33 heavy (non-hydrogen) atoms. The average molecular weight is 454 g/mol. The highest BCUT2D eigenvalue weighted by molar-refractivity contribution is 5.77. The minimum Gasteiger partial charge on any atom is -0.493 e. The standard InChI is InChI=1S/C21H22N6O6/c1-13-23-15(11-22)20(32-13)26-8-6-25(7-9-26)18(28)12-27-19(24-33-21(27)29)14-4-5-16(30-2)17(10-14)31-3/h4-5,10H,6-9,12H2,1-3H3. The molecule has 0 aliphatic carbocycles. The highest BCUT2D eigenvalue weighted by atomic mass is 16.5. The summed E-state index contributed by atoms with van der Waals surface area (Å²) in [6.45, 7) is 3.18. The number of rotatable bonds is 6. The Labute approximate surface area is 188 Å². The van der Waals surface area contributed by atoms with E-state index < -0.39 is 5.76 Å². The van der Waals surface area contributed by atoms with Crippen LogP contribution < -0.4 is 20.1 Å². The molecular weight excluding hydrogens is 432 g/mol. The van der Waals surface area contributed by atoms with Gasteiger partial charge in [0.15, 0.2) is 23.2 Å². The SMILES string of the molecule is COc1ccc(-c2noc(=O)n2CC(=O)N2CCN(c3oc(C)nc3C#N)CC2)cc1OC. The minimum absolute atomic E-state index is 0.212. The summed E-state index contributed by atoms with van der Waals surface area (Å²) in [5, 5.41) is 13.1. The number of nitrogens with zero attached hydrogens (tertiary/aromatic N) is 6. The highest BCUT2D eigenvalue weighted by Gasteiger charge is 2.27. The lowest BCUT2D eigenvalue weighted by Crippen LogP contribution is -2.50. The van der Waals surface area contributed by atoms with Crippen molar-refractivity contribution in [1.82, 2.24) is 19.6 Å². The zero-order chi connectivity index (χ0) is 23.5. The maximum Gasteiger partial charge on any atom is 0.442 e. The molecule has 172 valence electrons. The van der Waals surface area contributed by atoms with Crippen LogP contribution in [0.1, 0.15) is 11.6 Å². The molecule has 2 aromatic heterocycles. The fourth-order valence-corrected chi connectivity index (χ4v) is 3.69. The van der Waals surface area contributed by atoms with Gasteiger partial charge >= 0.3 is 5.76 Å². The lowest BCUT2D eigenvalue weighted by atomic mass is 10.2. The minimum atomic E-state index is -0.734. The summed E-state index contributed by atoms with van der Waals surface area (Å²) in [7, 11) is 3.02. The van der Waals surface area contributed by atoms with Gasteiger partial charge < -0.3 is 23.7 Å². The lowest BCUT2D eigenvalue weighted by Gasteiger charge is -2.34. The van der Waals surface area contributed by atoms with Crippen LogP contribution in [0.2, 0.25) is 0 Å². The molecule has 0 N–H and O–H groups in total. The van der Waals surface area contributed by atoms with Crippen molar-refractivity contribution in [2.45, 2.75) is 13.5 Å². The molecule has 1 fully saturated rings. The van der Waals surface area contributed by atoms with Crippen molar-refractivity contribution in [3.8, 4) is 29.0 Å². The Morgan fingerprint density at radius 3 is 2.58 bits per heavy atom. The molecule has 0 bridgehead atoms. The Morgan fingerprint density at radius 1 is 1.18 bits per heavy atom.